The van der Waals surface area contributed by atoms with Gasteiger partial charge in [-0.05, 0) is 49.6 Å². The summed E-state index contributed by atoms with van der Waals surface area (Å²) in [5, 5.41) is 5.52. The Hall–Kier alpha value is -2.91. The summed E-state index contributed by atoms with van der Waals surface area (Å²) in [5.41, 5.74) is 0.964. The number of piperidine rings is 1. The van der Waals surface area contributed by atoms with Crippen molar-refractivity contribution in [2.24, 2.45) is 5.92 Å². The van der Waals surface area contributed by atoms with Crippen LogP contribution in [0.25, 0.3) is 0 Å². The highest BCUT2D eigenvalue weighted by atomic mass is 32.2. The van der Waals surface area contributed by atoms with E-state index >= 15 is 0 Å². The van der Waals surface area contributed by atoms with Gasteiger partial charge in [-0.15, -0.1) is 0 Å². The molecule has 1 heterocycles. The van der Waals surface area contributed by atoms with E-state index in [2.05, 4.69) is 10.6 Å². The topological polar surface area (TPSA) is 105 Å². The number of sulfonamides is 1. The van der Waals surface area contributed by atoms with Crippen molar-refractivity contribution in [1.82, 2.24) is 14.9 Å². The molecule has 9 heteroatoms. The normalized spacial score (nSPS) is 17.9. The van der Waals surface area contributed by atoms with Gasteiger partial charge in [0.15, 0.2) is 0 Å². The fourth-order valence-electron chi connectivity index (χ4n) is 3.61. The molecule has 0 saturated carbocycles. The van der Waals surface area contributed by atoms with E-state index in [9.17, 15) is 18.0 Å². The number of hydrogen-bond acceptors (Lipinski definition) is 5. The van der Waals surface area contributed by atoms with Crippen LogP contribution in [0.4, 0.5) is 0 Å². The molecule has 2 aromatic carbocycles. The van der Waals surface area contributed by atoms with Crippen LogP contribution in [-0.4, -0.2) is 50.8 Å². The van der Waals surface area contributed by atoms with Crippen LogP contribution in [0, 0.1) is 5.92 Å². The third-order valence-corrected chi connectivity index (χ3v) is 7.39. The molecule has 2 N–H and O–H groups in total. The minimum absolute atomic E-state index is 0.0819. The molecule has 0 unspecified atom stereocenters. The quantitative estimate of drug-likeness (QED) is 0.628. The zero-order chi connectivity index (χ0) is 23.1. The molecule has 0 aliphatic carbocycles. The highest BCUT2D eigenvalue weighted by Crippen LogP contribution is 2.25. The number of nitrogens with one attached hydrogen (secondary N) is 2. The molecule has 172 valence electrons. The summed E-state index contributed by atoms with van der Waals surface area (Å²) in [4.78, 5) is 25.3. The van der Waals surface area contributed by atoms with Crippen molar-refractivity contribution in [1.29, 1.82) is 0 Å². The first-order chi connectivity index (χ1) is 15.3. The van der Waals surface area contributed by atoms with E-state index in [0.29, 0.717) is 31.7 Å². The molecule has 3 rings (SSSR count). The molecule has 1 fully saturated rings. The van der Waals surface area contributed by atoms with Gasteiger partial charge in [0.1, 0.15) is 11.8 Å². The lowest BCUT2D eigenvalue weighted by Crippen LogP contribution is -2.50. The zero-order valence-corrected chi connectivity index (χ0v) is 19.1. The van der Waals surface area contributed by atoms with Gasteiger partial charge in [0.05, 0.1) is 17.9 Å². The van der Waals surface area contributed by atoms with Crippen LogP contribution >= 0.6 is 0 Å². The Morgan fingerprint density at radius 2 is 1.81 bits per heavy atom. The first kappa shape index (κ1) is 23.7. The Morgan fingerprint density at radius 3 is 2.47 bits per heavy atom. The third-order valence-electron chi connectivity index (χ3n) is 5.51. The molecule has 32 heavy (non-hydrogen) atoms. The fraction of sp³-hybridized carbons (Fsp3) is 0.391. The molecular weight excluding hydrogens is 430 g/mol. The number of ether oxygens (including phenoxy) is 1. The average molecular weight is 460 g/mol. The van der Waals surface area contributed by atoms with Crippen molar-refractivity contribution in [2.75, 3.05) is 20.2 Å². The maximum atomic E-state index is 13.0. The van der Waals surface area contributed by atoms with Crippen LogP contribution in [0.2, 0.25) is 0 Å². The van der Waals surface area contributed by atoms with Crippen LogP contribution in [0.3, 0.4) is 0 Å². The van der Waals surface area contributed by atoms with Crippen LogP contribution in [0.5, 0.6) is 5.75 Å². The van der Waals surface area contributed by atoms with E-state index in [0.717, 1.165) is 5.56 Å². The summed E-state index contributed by atoms with van der Waals surface area (Å²) < 4.78 is 32.4. The summed E-state index contributed by atoms with van der Waals surface area (Å²) in [6.45, 7) is 2.42. The second kappa shape index (κ2) is 10.6. The number of hydrogen-bond donors (Lipinski definition) is 2. The molecule has 1 aliphatic heterocycles. The van der Waals surface area contributed by atoms with Gasteiger partial charge in [0.25, 0.3) is 0 Å². The summed E-state index contributed by atoms with van der Waals surface area (Å²) >= 11 is 0. The van der Waals surface area contributed by atoms with Gasteiger partial charge in [0, 0.05) is 19.6 Å². The monoisotopic (exact) mass is 459 g/mol. The van der Waals surface area contributed by atoms with Crippen LogP contribution in [-0.2, 0) is 26.2 Å². The van der Waals surface area contributed by atoms with E-state index in [1.165, 1.54) is 23.5 Å². The van der Waals surface area contributed by atoms with Gasteiger partial charge >= 0.3 is 0 Å². The number of methoxy groups -OCH3 is 1. The predicted molar refractivity (Wildman–Crippen MR) is 120 cm³/mol. The molecule has 8 nitrogen and oxygen atoms in total. The lowest BCUT2D eigenvalue weighted by atomic mass is 9.98. The smallest absolute Gasteiger partial charge is 0.243 e. The molecule has 2 amide bonds. The number of rotatable bonds is 8. The number of carbonyl (C=O) groups is 2. The van der Waals surface area contributed by atoms with Gasteiger partial charge in [-0.3, -0.25) is 9.59 Å². The summed E-state index contributed by atoms with van der Waals surface area (Å²) in [6.07, 6.45) is 1.14. The lowest BCUT2D eigenvalue weighted by Gasteiger charge is -2.31. The summed E-state index contributed by atoms with van der Waals surface area (Å²) in [5.74, 6) is -0.553. The minimum atomic E-state index is -3.72. The molecule has 0 bridgehead atoms. The number of carbonyl (C=O) groups excluding carboxylic acids is 2. The fourth-order valence-corrected chi connectivity index (χ4v) is 5.13. The molecule has 2 aromatic rings. The first-order valence-corrected chi connectivity index (χ1v) is 12.0. The van der Waals surface area contributed by atoms with E-state index < -0.39 is 22.0 Å². The van der Waals surface area contributed by atoms with E-state index in [1.54, 1.807) is 19.1 Å². The molecule has 0 radical (unpaired) electrons. The van der Waals surface area contributed by atoms with E-state index in [1.807, 2.05) is 30.3 Å². The number of amides is 2. The molecule has 1 aliphatic rings. The molecule has 0 aromatic heterocycles. The van der Waals surface area contributed by atoms with Crippen molar-refractivity contribution < 1.29 is 22.7 Å². The summed E-state index contributed by atoms with van der Waals surface area (Å²) in [6, 6.07) is 15.0. The average Bonchev–Trinajstić information content (AvgIpc) is 2.83. The largest absolute Gasteiger partial charge is 0.497 e. The Bertz CT molecular complexity index is 1030. The maximum absolute atomic E-state index is 13.0. The first-order valence-electron chi connectivity index (χ1n) is 10.6. The van der Waals surface area contributed by atoms with Gasteiger partial charge in [0.2, 0.25) is 21.8 Å². The van der Waals surface area contributed by atoms with Crippen molar-refractivity contribution in [3.63, 3.8) is 0 Å². The molecule has 0 spiro atoms. The Kier molecular flexibility index (Phi) is 7.87. The second-order valence-corrected chi connectivity index (χ2v) is 9.75. The van der Waals surface area contributed by atoms with Crippen molar-refractivity contribution >= 4 is 21.8 Å². The molecular formula is C23H29N3O5S. The number of benzene rings is 2. The predicted octanol–water partition coefficient (Wildman–Crippen LogP) is 1.92. The van der Waals surface area contributed by atoms with Crippen LogP contribution in [0.15, 0.2) is 59.5 Å². The second-order valence-electron chi connectivity index (χ2n) is 7.81. The van der Waals surface area contributed by atoms with Gasteiger partial charge in [-0.2, -0.15) is 4.31 Å². The van der Waals surface area contributed by atoms with Gasteiger partial charge in [-0.1, -0.05) is 30.3 Å². The van der Waals surface area contributed by atoms with Crippen molar-refractivity contribution in [2.45, 2.75) is 37.2 Å². The Morgan fingerprint density at radius 1 is 1.12 bits per heavy atom. The number of nitrogens with zero attached hydrogens (tertiary/aromatic N) is 1. The van der Waals surface area contributed by atoms with Gasteiger partial charge < -0.3 is 15.4 Å². The highest BCUT2D eigenvalue weighted by Gasteiger charge is 2.34. The maximum Gasteiger partial charge on any atom is 0.243 e. The third kappa shape index (κ3) is 5.86. The minimum Gasteiger partial charge on any atom is -0.497 e. The van der Waals surface area contributed by atoms with Gasteiger partial charge in [-0.25, -0.2) is 8.42 Å². The SMILES string of the molecule is COc1ccc(S(=O)(=O)N2CCC[C@H](C(=O)N[C@@H](C)C(=O)NCc3ccccc3)C2)cc1. The Balaban J connectivity index is 1.56. The standard InChI is InChI=1S/C23H29N3O5S/c1-17(22(27)24-15-18-7-4-3-5-8-18)25-23(28)19-9-6-14-26(16-19)32(29,30)21-12-10-20(31-2)11-13-21/h3-5,7-8,10-13,17,19H,6,9,14-16H2,1-2H3,(H,24,27)(H,25,28)/t17-,19-/m0/s1. The lowest BCUT2D eigenvalue weighted by molar-refractivity contribution is -0.131. The highest BCUT2D eigenvalue weighted by molar-refractivity contribution is 7.89. The molecule has 2 atom stereocenters. The van der Waals surface area contributed by atoms with E-state index in [-0.39, 0.29) is 23.3 Å². The van der Waals surface area contributed by atoms with Crippen LogP contribution < -0.4 is 15.4 Å². The van der Waals surface area contributed by atoms with Crippen molar-refractivity contribution in [3.8, 4) is 5.75 Å². The Labute approximate surface area is 189 Å². The van der Waals surface area contributed by atoms with Crippen molar-refractivity contribution in [3.05, 3.63) is 60.2 Å². The van der Waals surface area contributed by atoms with Crippen LogP contribution in [0.1, 0.15) is 25.3 Å². The summed E-state index contributed by atoms with van der Waals surface area (Å²) in [7, 11) is -2.20. The molecule has 1 saturated heterocycles. The zero-order valence-electron chi connectivity index (χ0n) is 18.3. The van der Waals surface area contributed by atoms with E-state index in [4.69, 9.17) is 4.74 Å².